The molecule has 5 aromatic carbocycles. The molecule has 2 heterocycles. The van der Waals surface area contributed by atoms with Crippen LogP contribution in [0, 0.1) is 24.2 Å². The second-order valence-corrected chi connectivity index (χ2v) is 13.0. The molecule has 6 heteroatoms. The van der Waals surface area contributed by atoms with Gasteiger partial charge in [-0.1, -0.05) is 91.7 Å². The third kappa shape index (κ3) is 6.10. The molecule has 7 rings (SSSR count). The standard InChI is InChI=1S/C30H17FNS.C10H18O2.Ir/c1-17-6-10-22-19(14-17)7-8-20-15-21(9-11-23(20)22)29-30-25(12-13-32-29)27-26(33-30)16-18-4-2-3-5-24(18)28(27)31;1-5-10(4,6-2)9(12)7-8(3)11;/h2-8,10-16H,1H3;7,11H,5-6H2,1-4H3;/q-1;;/b;8-7-;. The molecule has 3 nitrogen and oxygen atoms in total. The maximum atomic E-state index is 15.5. The number of carbonyl (C=O) groups excluding carboxylic acids is 1. The summed E-state index contributed by atoms with van der Waals surface area (Å²) in [4.78, 5) is 16.2. The van der Waals surface area contributed by atoms with Gasteiger partial charge in [0.15, 0.2) is 5.78 Å². The van der Waals surface area contributed by atoms with E-state index in [0.717, 1.165) is 49.7 Å². The molecule has 2 aromatic heterocycles. The Balaban J connectivity index is 0.000000277. The molecular weight excluding hydrogens is 770 g/mol. The summed E-state index contributed by atoms with van der Waals surface area (Å²) in [5.41, 5.74) is 2.73. The number of ketones is 1. The average molecular weight is 805 g/mol. The molecule has 235 valence electrons. The number of carbonyl (C=O) groups is 1. The molecule has 0 fully saturated rings. The van der Waals surface area contributed by atoms with Crippen LogP contribution >= 0.6 is 11.3 Å². The van der Waals surface area contributed by atoms with Crippen LogP contribution in [-0.2, 0) is 24.9 Å². The van der Waals surface area contributed by atoms with Crippen LogP contribution in [-0.4, -0.2) is 15.9 Å². The second kappa shape index (κ2) is 13.4. The smallest absolute Gasteiger partial charge is 0.164 e. The maximum Gasteiger partial charge on any atom is 0.164 e. The number of aryl methyl sites for hydroxylation is 1. The predicted octanol–water partition coefficient (Wildman–Crippen LogP) is 11.7. The van der Waals surface area contributed by atoms with Crippen LogP contribution in [0.2, 0.25) is 0 Å². The van der Waals surface area contributed by atoms with Crippen molar-refractivity contribution in [3.63, 3.8) is 0 Å². The Labute approximate surface area is 286 Å². The van der Waals surface area contributed by atoms with Crippen LogP contribution in [0.3, 0.4) is 0 Å². The molecule has 0 aliphatic heterocycles. The number of aliphatic hydroxyl groups excluding tert-OH is 1. The van der Waals surface area contributed by atoms with Crippen LogP contribution < -0.4 is 0 Å². The fraction of sp³-hybridized carbons (Fsp3) is 0.200. The first-order valence-corrected chi connectivity index (χ1v) is 16.1. The van der Waals surface area contributed by atoms with Crippen molar-refractivity contribution >= 4 is 69.6 Å². The normalized spacial score (nSPS) is 12.0. The van der Waals surface area contributed by atoms with E-state index in [1.165, 1.54) is 34.7 Å². The third-order valence-electron chi connectivity index (χ3n) is 9.01. The molecule has 0 saturated heterocycles. The van der Waals surface area contributed by atoms with E-state index in [9.17, 15) is 4.79 Å². The molecule has 0 spiro atoms. The number of hydrogen-bond acceptors (Lipinski definition) is 4. The third-order valence-corrected chi connectivity index (χ3v) is 10.2. The van der Waals surface area contributed by atoms with E-state index in [-0.39, 0.29) is 42.9 Å². The fourth-order valence-corrected chi connectivity index (χ4v) is 7.13. The van der Waals surface area contributed by atoms with Gasteiger partial charge in [-0.05, 0) is 55.0 Å². The molecule has 1 N–H and O–H groups in total. The number of halogens is 1. The van der Waals surface area contributed by atoms with Gasteiger partial charge >= 0.3 is 0 Å². The Hall–Kier alpha value is -3.96. The van der Waals surface area contributed by atoms with Crippen molar-refractivity contribution in [3.8, 4) is 11.3 Å². The van der Waals surface area contributed by atoms with Gasteiger partial charge in [-0.2, -0.15) is 0 Å². The van der Waals surface area contributed by atoms with E-state index >= 15 is 4.39 Å². The van der Waals surface area contributed by atoms with Gasteiger partial charge in [-0.25, -0.2) is 4.39 Å². The number of fused-ring (bicyclic) bond motifs is 7. The van der Waals surface area contributed by atoms with E-state index in [0.29, 0.717) is 10.8 Å². The summed E-state index contributed by atoms with van der Waals surface area (Å²) in [7, 11) is 0. The molecule has 7 aromatic rings. The monoisotopic (exact) mass is 805 g/mol. The fourth-order valence-electron chi connectivity index (χ4n) is 5.88. The van der Waals surface area contributed by atoms with Gasteiger partial charge in [-0.15, -0.1) is 40.5 Å². The number of nitrogens with zero attached hydrogens (tertiary/aromatic N) is 1. The number of allylic oxidation sites excluding steroid dienone is 2. The quantitative estimate of drug-likeness (QED) is 0.0816. The summed E-state index contributed by atoms with van der Waals surface area (Å²) in [5, 5.41) is 16.9. The van der Waals surface area contributed by atoms with Gasteiger partial charge in [0, 0.05) is 63.7 Å². The summed E-state index contributed by atoms with van der Waals surface area (Å²) in [5.74, 6) is -0.0450. The van der Waals surface area contributed by atoms with E-state index in [2.05, 4.69) is 61.5 Å². The molecule has 0 saturated carbocycles. The van der Waals surface area contributed by atoms with Gasteiger partial charge in [0.1, 0.15) is 5.82 Å². The number of hydrogen-bond donors (Lipinski definition) is 1. The first-order valence-electron chi connectivity index (χ1n) is 15.3. The SMILES string of the molecule is CCC(C)(CC)C(=O)/C=C(/C)O.Cc1ccc2c(ccc3cc(-c4nccc5c4sc4cc6ccccc6c(F)c45)[c-]cc32)c1.[Ir]. The first kappa shape index (κ1) is 33.4. The van der Waals surface area contributed by atoms with Crippen molar-refractivity contribution in [2.75, 3.05) is 0 Å². The minimum absolute atomic E-state index is 0. The zero-order valence-corrected chi connectivity index (χ0v) is 29.7. The van der Waals surface area contributed by atoms with Gasteiger partial charge in [-0.3, -0.25) is 4.79 Å². The van der Waals surface area contributed by atoms with Crippen molar-refractivity contribution in [1.29, 1.82) is 0 Å². The molecule has 0 aliphatic carbocycles. The summed E-state index contributed by atoms with van der Waals surface area (Å²) in [6.45, 7) is 9.53. The average Bonchev–Trinajstić information content (AvgIpc) is 3.42. The molecule has 0 amide bonds. The van der Waals surface area contributed by atoms with Gasteiger partial charge in [0.25, 0.3) is 0 Å². The summed E-state index contributed by atoms with van der Waals surface area (Å²) < 4.78 is 17.5. The Bertz CT molecular complexity index is 2280. The van der Waals surface area contributed by atoms with Crippen LogP contribution in [0.15, 0.2) is 96.9 Å². The molecule has 1 radical (unpaired) electrons. The van der Waals surface area contributed by atoms with Crippen molar-refractivity contribution in [1.82, 2.24) is 4.98 Å². The van der Waals surface area contributed by atoms with E-state index in [1.807, 2.05) is 51.1 Å². The maximum absolute atomic E-state index is 15.5. The molecular formula is C40H35FIrNO2S-. The minimum Gasteiger partial charge on any atom is -0.512 e. The van der Waals surface area contributed by atoms with Crippen LogP contribution in [0.25, 0.3) is 63.7 Å². The molecule has 0 aliphatic rings. The number of benzene rings is 5. The molecule has 0 unspecified atom stereocenters. The zero-order valence-electron chi connectivity index (χ0n) is 26.5. The largest absolute Gasteiger partial charge is 0.512 e. The van der Waals surface area contributed by atoms with Crippen LogP contribution in [0.5, 0.6) is 0 Å². The van der Waals surface area contributed by atoms with Crippen molar-refractivity contribution in [2.45, 2.75) is 47.5 Å². The Kier molecular flexibility index (Phi) is 9.74. The van der Waals surface area contributed by atoms with Crippen molar-refractivity contribution < 1.29 is 34.4 Å². The van der Waals surface area contributed by atoms with Crippen LogP contribution in [0.4, 0.5) is 4.39 Å². The first-order chi connectivity index (χ1) is 21.6. The Morgan fingerprint density at radius 1 is 0.935 bits per heavy atom. The van der Waals surface area contributed by atoms with Gasteiger partial charge in [0.05, 0.1) is 5.76 Å². The summed E-state index contributed by atoms with van der Waals surface area (Å²) in [6.07, 6.45) is 4.71. The molecule has 0 bridgehead atoms. The van der Waals surface area contributed by atoms with Crippen molar-refractivity contribution in [3.05, 3.63) is 114 Å². The van der Waals surface area contributed by atoms with Crippen molar-refractivity contribution in [2.24, 2.45) is 5.41 Å². The number of rotatable bonds is 5. The molecule has 46 heavy (non-hydrogen) atoms. The zero-order chi connectivity index (χ0) is 31.9. The Morgan fingerprint density at radius 2 is 1.63 bits per heavy atom. The topological polar surface area (TPSA) is 50.2 Å². The Morgan fingerprint density at radius 3 is 2.35 bits per heavy atom. The number of aliphatic hydroxyl groups is 1. The number of aromatic nitrogens is 1. The summed E-state index contributed by atoms with van der Waals surface area (Å²) >= 11 is 1.60. The number of pyridine rings is 1. The van der Waals surface area contributed by atoms with E-state index < -0.39 is 0 Å². The predicted molar refractivity (Wildman–Crippen MR) is 189 cm³/mol. The second-order valence-electron chi connectivity index (χ2n) is 12.0. The number of thiophene rings is 1. The van der Waals surface area contributed by atoms with Gasteiger partial charge in [0.2, 0.25) is 0 Å². The minimum atomic E-state index is -0.302. The van der Waals surface area contributed by atoms with Gasteiger partial charge < -0.3 is 10.1 Å². The summed E-state index contributed by atoms with van der Waals surface area (Å²) in [6, 6.07) is 30.2. The molecule has 0 atom stereocenters. The van der Waals surface area contributed by atoms with E-state index in [4.69, 9.17) is 10.1 Å². The van der Waals surface area contributed by atoms with Crippen LogP contribution in [0.1, 0.15) is 46.1 Å². The van der Waals surface area contributed by atoms with E-state index in [1.54, 1.807) is 17.5 Å².